The van der Waals surface area contributed by atoms with Crippen LogP contribution in [0, 0.1) is 6.92 Å². The molecule has 0 saturated carbocycles. The highest BCUT2D eigenvalue weighted by molar-refractivity contribution is 6.35. The summed E-state index contributed by atoms with van der Waals surface area (Å²) in [6, 6.07) is 10.8. The molecule has 0 amide bonds. The maximum Gasteiger partial charge on any atom is 0.169 e. The van der Waals surface area contributed by atoms with Crippen LogP contribution >= 0.6 is 23.2 Å². The lowest BCUT2D eigenvalue weighted by Gasteiger charge is -2.12. The van der Waals surface area contributed by atoms with Crippen LogP contribution < -0.4 is 9.47 Å². The van der Waals surface area contributed by atoms with Crippen LogP contribution in [0.25, 0.3) is 0 Å². The molecule has 0 N–H and O–H groups in total. The van der Waals surface area contributed by atoms with E-state index in [0.717, 1.165) is 5.56 Å². The molecule has 0 aliphatic rings. The van der Waals surface area contributed by atoms with Crippen molar-refractivity contribution < 1.29 is 9.47 Å². The zero-order valence-electron chi connectivity index (χ0n) is 10.0. The van der Waals surface area contributed by atoms with Gasteiger partial charge >= 0.3 is 0 Å². The Morgan fingerprint density at radius 1 is 0.889 bits per heavy atom. The maximum absolute atomic E-state index is 6.06. The molecular weight excluding hydrogens is 271 g/mol. The monoisotopic (exact) mass is 282 g/mol. The first kappa shape index (κ1) is 13.1. The van der Waals surface area contributed by atoms with E-state index in [0.29, 0.717) is 27.3 Å². The van der Waals surface area contributed by atoms with Crippen LogP contribution in [0.4, 0.5) is 0 Å². The molecule has 0 aromatic heterocycles. The Hall–Kier alpha value is -1.38. The third-order valence-corrected chi connectivity index (χ3v) is 2.96. The van der Waals surface area contributed by atoms with Gasteiger partial charge < -0.3 is 9.47 Å². The molecule has 2 rings (SSSR count). The van der Waals surface area contributed by atoms with E-state index >= 15 is 0 Å². The zero-order chi connectivity index (χ0) is 13.1. The number of benzene rings is 2. The van der Waals surface area contributed by atoms with Crippen molar-refractivity contribution in [1.82, 2.24) is 0 Å². The van der Waals surface area contributed by atoms with E-state index in [1.807, 2.05) is 25.1 Å². The normalized spacial score (nSPS) is 10.2. The fraction of sp³-hybridized carbons (Fsp3) is 0.143. The summed E-state index contributed by atoms with van der Waals surface area (Å²) in [6.45, 7) is 1.99. The van der Waals surface area contributed by atoms with Gasteiger partial charge in [-0.1, -0.05) is 29.3 Å². The highest BCUT2D eigenvalue weighted by Gasteiger charge is 2.08. The SMILES string of the molecule is COc1cc(C)ccc1Oc1ccc(Cl)cc1Cl. The fourth-order valence-electron chi connectivity index (χ4n) is 1.54. The maximum atomic E-state index is 6.06. The van der Waals surface area contributed by atoms with Crippen molar-refractivity contribution in [1.29, 1.82) is 0 Å². The van der Waals surface area contributed by atoms with E-state index in [4.69, 9.17) is 32.7 Å². The third-order valence-electron chi connectivity index (χ3n) is 2.43. The van der Waals surface area contributed by atoms with Gasteiger partial charge in [0, 0.05) is 5.02 Å². The van der Waals surface area contributed by atoms with Crippen molar-refractivity contribution in [2.45, 2.75) is 6.92 Å². The highest BCUT2D eigenvalue weighted by Crippen LogP contribution is 2.36. The number of halogens is 2. The second kappa shape index (κ2) is 5.51. The van der Waals surface area contributed by atoms with Crippen LogP contribution in [-0.4, -0.2) is 7.11 Å². The number of ether oxygens (including phenoxy) is 2. The third kappa shape index (κ3) is 2.89. The smallest absolute Gasteiger partial charge is 0.169 e. The average Bonchev–Trinajstić information content (AvgIpc) is 2.34. The van der Waals surface area contributed by atoms with E-state index in [2.05, 4.69) is 0 Å². The Morgan fingerprint density at radius 2 is 1.61 bits per heavy atom. The molecule has 2 nitrogen and oxygen atoms in total. The zero-order valence-corrected chi connectivity index (χ0v) is 11.5. The molecule has 0 aliphatic carbocycles. The molecule has 0 atom stereocenters. The van der Waals surface area contributed by atoms with Gasteiger partial charge in [-0.3, -0.25) is 0 Å². The lowest BCUT2D eigenvalue weighted by molar-refractivity contribution is 0.378. The molecular formula is C14H12Cl2O2. The van der Waals surface area contributed by atoms with Crippen molar-refractivity contribution in [3.8, 4) is 17.2 Å². The summed E-state index contributed by atoms with van der Waals surface area (Å²) in [5, 5.41) is 1.04. The van der Waals surface area contributed by atoms with Crippen molar-refractivity contribution in [2.24, 2.45) is 0 Å². The Labute approximate surface area is 116 Å². The van der Waals surface area contributed by atoms with E-state index in [1.54, 1.807) is 25.3 Å². The molecule has 2 aromatic rings. The molecule has 2 aromatic carbocycles. The molecule has 0 saturated heterocycles. The Balaban J connectivity index is 2.33. The van der Waals surface area contributed by atoms with Crippen LogP contribution in [0.3, 0.4) is 0 Å². The van der Waals surface area contributed by atoms with Gasteiger partial charge in [0.25, 0.3) is 0 Å². The fourth-order valence-corrected chi connectivity index (χ4v) is 1.98. The molecule has 0 aliphatic heterocycles. The quantitative estimate of drug-likeness (QED) is 0.780. The van der Waals surface area contributed by atoms with Gasteiger partial charge in [-0.25, -0.2) is 0 Å². The molecule has 18 heavy (non-hydrogen) atoms. The van der Waals surface area contributed by atoms with E-state index in [9.17, 15) is 0 Å². The van der Waals surface area contributed by atoms with Gasteiger partial charge in [0.15, 0.2) is 11.5 Å². The first-order valence-electron chi connectivity index (χ1n) is 5.37. The minimum absolute atomic E-state index is 0.463. The number of hydrogen-bond donors (Lipinski definition) is 0. The van der Waals surface area contributed by atoms with Crippen molar-refractivity contribution in [3.05, 3.63) is 52.0 Å². The van der Waals surface area contributed by atoms with Crippen LogP contribution in [0.15, 0.2) is 36.4 Å². The largest absolute Gasteiger partial charge is 0.493 e. The summed E-state index contributed by atoms with van der Waals surface area (Å²) in [4.78, 5) is 0. The van der Waals surface area contributed by atoms with Gasteiger partial charge in [-0.15, -0.1) is 0 Å². The number of methoxy groups -OCH3 is 1. The molecule has 0 heterocycles. The molecule has 0 unspecified atom stereocenters. The van der Waals surface area contributed by atoms with Gasteiger partial charge in [-0.05, 0) is 42.8 Å². The summed E-state index contributed by atoms with van der Waals surface area (Å²) in [7, 11) is 1.60. The summed E-state index contributed by atoms with van der Waals surface area (Å²) in [6.07, 6.45) is 0. The number of hydrogen-bond acceptors (Lipinski definition) is 2. The minimum atomic E-state index is 0.463. The van der Waals surface area contributed by atoms with E-state index < -0.39 is 0 Å². The second-order valence-corrected chi connectivity index (χ2v) is 4.67. The Kier molecular flexibility index (Phi) is 4.00. The minimum Gasteiger partial charge on any atom is -0.493 e. The predicted octanol–water partition coefficient (Wildman–Crippen LogP) is 5.10. The van der Waals surface area contributed by atoms with Crippen LogP contribution in [0.2, 0.25) is 10.0 Å². The van der Waals surface area contributed by atoms with Crippen LogP contribution in [0.1, 0.15) is 5.56 Å². The van der Waals surface area contributed by atoms with Gasteiger partial charge in [0.2, 0.25) is 0 Å². The van der Waals surface area contributed by atoms with Crippen molar-refractivity contribution in [3.63, 3.8) is 0 Å². The molecule has 0 spiro atoms. The second-order valence-electron chi connectivity index (χ2n) is 3.83. The Morgan fingerprint density at radius 3 is 2.28 bits per heavy atom. The summed E-state index contributed by atoms with van der Waals surface area (Å²) >= 11 is 11.9. The first-order valence-corrected chi connectivity index (χ1v) is 6.13. The first-order chi connectivity index (χ1) is 8.60. The van der Waals surface area contributed by atoms with Crippen molar-refractivity contribution in [2.75, 3.05) is 7.11 Å². The van der Waals surface area contributed by atoms with Crippen LogP contribution in [-0.2, 0) is 0 Å². The summed E-state index contributed by atoms with van der Waals surface area (Å²) in [5.41, 5.74) is 1.10. The van der Waals surface area contributed by atoms with Gasteiger partial charge in [0.05, 0.1) is 12.1 Å². The summed E-state index contributed by atoms with van der Waals surface area (Å²) in [5.74, 6) is 1.83. The molecule has 94 valence electrons. The lowest BCUT2D eigenvalue weighted by Crippen LogP contribution is -1.91. The summed E-state index contributed by atoms with van der Waals surface area (Å²) < 4.78 is 11.0. The van der Waals surface area contributed by atoms with Crippen LogP contribution in [0.5, 0.6) is 17.2 Å². The molecule has 0 radical (unpaired) electrons. The lowest BCUT2D eigenvalue weighted by atomic mass is 10.2. The average molecular weight is 283 g/mol. The Bertz CT molecular complexity index is 568. The molecule has 0 bridgehead atoms. The predicted molar refractivity (Wildman–Crippen MR) is 74.3 cm³/mol. The van der Waals surface area contributed by atoms with Crippen molar-refractivity contribution >= 4 is 23.2 Å². The van der Waals surface area contributed by atoms with Gasteiger partial charge in [0.1, 0.15) is 5.75 Å². The number of rotatable bonds is 3. The molecule has 4 heteroatoms. The van der Waals surface area contributed by atoms with E-state index in [1.165, 1.54) is 0 Å². The topological polar surface area (TPSA) is 18.5 Å². The van der Waals surface area contributed by atoms with E-state index in [-0.39, 0.29) is 0 Å². The number of aryl methyl sites for hydroxylation is 1. The van der Waals surface area contributed by atoms with Gasteiger partial charge in [-0.2, -0.15) is 0 Å². The standard InChI is InChI=1S/C14H12Cl2O2/c1-9-3-5-13(14(7-9)17-2)18-12-6-4-10(15)8-11(12)16/h3-8H,1-2H3. The molecule has 0 fully saturated rings. The highest BCUT2D eigenvalue weighted by atomic mass is 35.5.